The van der Waals surface area contributed by atoms with Crippen LogP contribution in [0.3, 0.4) is 0 Å². The third-order valence-electron chi connectivity index (χ3n) is 2.31. The van der Waals surface area contributed by atoms with Gasteiger partial charge in [-0.3, -0.25) is 4.79 Å². The average Bonchev–Trinajstić information content (AvgIpc) is 2.26. The number of nitrogen functional groups attached to an aromatic ring is 1. The van der Waals surface area contributed by atoms with Gasteiger partial charge in [-0.25, -0.2) is 8.42 Å². The number of carbonyl (C=O) groups is 1. The van der Waals surface area contributed by atoms with E-state index in [0.717, 1.165) is 6.26 Å². The molecule has 100 valence electrons. The Kier molecular flexibility index (Phi) is 5.15. The van der Waals surface area contributed by atoms with Crippen LogP contribution in [-0.2, 0) is 25.8 Å². The third kappa shape index (κ3) is 5.67. The van der Waals surface area contributed by atoms with Gasteiger partial charge in [0.2, 0.25) is 0 Å². The van der Waals surface area contributed by atoms with E-state index in [2.05, 4.69) is 0 Å². The van der Waals surface area contributed by atoms with Gasteiger partial charge in [0, 0.05) is 11.9 Å². The zero-order valence-electron chi connectivity index (χ0n) is 10.3. The number of ether oxygens (including phenoxy) is 1. The van der Waals surface area contributed by atoms with Gasteiger partial charge >= 0.3 is 5.97 Å². The highest BCUT2D eigenvalue weighted by molar-refractivity contribution is 7.90. The SMILES string of the molecule is CS(=O)(=O)CCCOC(=O)Cc1ccccc1N. The van der Waals surface area contributed by atoms with Crippen LogP contribution >= 0.6 is 0 Å². The first kappa shape index (κ1) is 14.5. The summed E-state index contributed by atoms with van der Waals surface area (Å²) in [5.41, 5.74) is 6.95. The normalized spacial score (nSPS) is 11.2. The van der Waals surface area contributed by atoms with Gasteiger partial charge in [-0.15, -0.1) is 0 Å². The van der Waals surface area contributed by atoms with E-state index < -0.39 is 15.8 Å². The summed E-state index contributed by atoms with van der Waals surface area (Å²) < 4.78 is 26.6. The Morgan fingerprint density at radius 1 is 1.33 bits per heavy atom. The fraction of sp³-hybridized carbons (Fsp3) is 0.417. The molecule has 0 spiro atoms. The number of esters is 1. The van der Waals surface area contributed by atoms with Crippen LogP contribution in [0.15, 0.2) is 24.3 Å². The number of sulfone groups is 1. The van der Waals surface area contributed by atoms with Crippen molar-refractivity contribution >= 4 is 21.5 Å². The molecule has 0 aliphatic carbocycles. The summed E-state index contributed by atoms with van der Waals surface area (Å²) in [7, 11) is -3.00. The van der Waals surface area contributed by atoms with Crippen molar-refractivity contribution in [2.24, 2.45) is 0 Å². The number of rotatable bonds is 6. The van der Waals surface area contributed by atoms with Crippen molar-refractivity contribution in [2.45, 2.75) is 12.8 Å². The number of benzene rings is 1. The van der Waals surface area contributed by atoms with Gasteiger partial charge in [-0.1, -0.05) is 18.2 Å². The van der Waals surface area contributed by atoms with E-state index in [0.29, 0.717) is 17.7 Å². The molecule has 1 rings (SSSR count). The lowest BCUT2D eigenvalue weighted by Gasteiger charge is -2.06. The smallest absolute Gasteiger partial charge is 0.310 e. The summed E-state index contributed by atoms with van der Waals surface area (Å²) in [6.45, 7) is 0.110. The van der Waals surface area contributed by atoms with Crippen molar-refractivity contribution in [1.29, 1.82) is 0 Å². The van der Waals surface area contributed by atoms with Crippen LogP contribution in [0.5, 0.6) is 0 Å². The maximum atomic E-state index is 11.5. The molecule has 18 heavy (non-hydrogen) atoms. The maximum absolute atomic E-state index is 11.5. The molecular weight excluding hydrogens is 254 g/mol. The van der Waals surface area contributed by atoms with Gasteiger partial charge in [0.1, 0.15) is 9.84 Å². The second kappa shape index (κ2) is 6.39. The van der Waals surface area contributed by atoms with Crippen molar-refractivity contribution in [3.8, 4) is 0 Å². The molecule has 0 unspecified atom stereocenters. The van der Waals surface area contributed by atoms with Crippen LogP contribution in [0.2, 0.25) is 0 Å². The standard InChI is InChI=1S/C12H17NO4S/c1-18(15,16)8-4-7-17-12(14)9-10-5-2-3-6-11(10)13/h2-3,5-6H,4,7-9,13H2,1H3. The summed E-state index contributed by atoms with van der Waals surface area (Å²) >= 11 is 0. The predicted molar refractivity (Wildman–Crippen MR) is 69.8 cm³/mol. The molecule has 0 atom stereocenters. The quantitative estimate of drug-likeness (QED) is 0.469. The molecule has 0 heterocycles. The minimum atomic E-state index is -3.00. The largest absolute Gasteiger partial charge is 0.465 e. The monoisotopic (exact) mass is 271 g/mol. The predicted octanol–water partition coefficient (Wildman–Crippen LogP) is 0.789. The maximum Gasteiger partial charge on any atom is 0.310 e. The number of hydrogen-bond donors (Lipinski definition) is 1. The van der Waals surface area contributed by atoms with E-state index >= 15 is 0 Å². The van der Waals surface area contributed by atoms with Crippen molar-refractivity contribution in [3.63, 3.8) is 0 Å². The van der Waals surface area contributed by atoms with Gasteiger partial charge in [0.05, 0.1) is 18.8 Å². The molecule has 0 saturated heterocycles. The van der Waals surface area contributed by atoms with Gasteiger partial charge < -0.3 is 10.5 Å². The average molecular weight is 271 g/mol. The van der Waals surface area contributed by atoms with Crippen molar-refractivity contribution in [1.82, 2.24) is 0 Å². The molecule has 0 fully saturated rings. The Morgan fingerprint density at radius 2 is 2.00 bits per heavy atom. The molecule has 0 amide bonds. The first-order valence-electron chi connectivity index (χ1n) is 5.55. The molecule has 0 aromatic heterocycles. The number of hydrogen-bond acceptors (Lipinski definition) is 5. The van der Waals surface area contributed by atoms with E-state index in [-0.39, 0.29) is 18.8 Å². The number of anilines is 1. The van der Waals surface area contributed by atoms with Crippen LogP contribution in [-0.4, -0.2) is 33.0 Å². The van der Waals surface area contributed by atoms with E-state index in [1.807, 2.05) is 0 Å². The lowest BCUT2D eigenvalue weighted by atomic mass is 10.1. The Balaban J connectivity index is 2.33. The highest BCUT2D eigenvalue weighted by Crippen LogP contribution is 2.11. The lowest BCUT2D eigenvalue weighted by Crippen LogP contribution is -2.13. The fourth-order valence-corrected chi connectivity index (χ4v) is 2.05. The van der Waals surface area contributed by atoms with Crippen molar-refractivity contribution < 1.29 is 17.9 Å². The number of para-hydroxylation sites is 1. The molecule has 6 heteroatoms. The minimum Gasteiger partial charge on any atom is -0.465 e. The third-order valence-corrected chi connectivity index (χ3v) is 3.34. The van der Waals surface area contributed by atoms with Crippen LogP contribution < -0.4 is 5.73 Å². The fourth-order valence-electron chi connectivity index (χ4n) is 1.41. The van der Waals surface area contributed by atoms with Crippen LogP contribution in [0.25, 0.3) is 0 Å². The molecule has 0 bridgehead atoms. The second-order valence-corrected chi connectivity index (χ2v) is 6.34. The highest BCUT2D eigenvalue weighted by atomic mass is 32.2. The summed E-state index contributed by atoms with van der Waals surface area (Å²) in [5, 5.41) is 0. The molecular formula is C12H17NO4S. The summed E-state index contributed by atoms with van der Waals surface area (Å²) in [6, 6.07) is 7.05. The lowest BCUT2D eigenvalue weighted by molar-refractivity contribution is -0.142. The molecule has 0 aliphatic heterocycles. The number of nitrogens with two attached hydrogens (primary N) is 1. The van der Waals surface area contributed by atoms with E-state index in [1.165, 1.54) is 0 Å². The topological polar surface area (TPSA) is 86.5 Å². The van der Waals surface area contributed by atoms with Gasteiger partial charge in [0.25, 0.3) is 0 Å². The molecule has 0 radical (unpaired) electrons. The Morgan fingerprint density at radius 3 is 2.61 bits per heavy atom. The van der Waals surface area contributed by atoms with Crippen LogP contribution in [0.1, 0.15) is 12.0 Å². The first-order chi connectivity index (χ1) is 8.38. The zero-order chi connectivity index (χ0) is 13.6. The summed E-state index contributed by atoms with van der Waals surface area (Å²) in [6.07, 6.45) is 1.57. The zero-order valence-corrected chi connectivity index (χ0v) is 11.1. The molecule has 5 nitrogen and oxygen atoms in total. The second-order valence-electron chi connectivity index (χ2n) is 4.08. The minimum absolute atomic E-state index is 0.0216. The first-order valence-corrected chi connectivity index (χ1v) is 7.61. The van der Waals surface area contributed by atoms with Crippen LogP contribution in [0, 0.1) is 0 Å². The Labute approximate surface area is 107 Å². The van der Waals surface area contributed by atoms with E-state index in [1.54, 1.807) is 24.3 Å². The van der Waals surface area contributed by atoms with Crippen LogP contribution in [0.4, 0.5) is 5.69 Å². The molecule has 0 saturated carbocycles. The van der Waals surface area contributed by atoms with Crippen molar-refractivity contribution in [3.05, 3.63) is 29.8 Å². The van der Waals surface area contributed by atoms with Gasteiger partial charge in [0.15, 0.2) is 0 Å². The Bertz CT molecular complexity index is 511. The van der Waals surface area contributed by atoms with E-state index in [9.17, 15) is 13.2 Å². The Hall–Kier alpha value is -1.56. The molecule has 2 N–H and O–H groups in total. The highest BCUT2D eigenvalue weighted by Gasteiger charge is 2.08. The van der Waals surface area contributed by atoms with Gasteiger partial charge in [-0.2, -0.15) is 0 Å². The van der Waals surface area contributed by atoms with Gasteiger partial charge in [-0.05, 0) is 18.1 Å². The van der Waals surface area contributed by atoms with Crippen molar-refractivity contribution in [2.75, 3.05) is 24.3 Å². The summed E-state index contributed by atoms with van der Waals surface area (Å²) in [5.74, 6) is -0.380. The summed E-state index contributed by atoms with van der Waals surface area (Å²) in [4.78, 5) is 11.5. The number of carbonyl (C=O) groups excluding carboxylic acids is 1. The molecule has 0 aliphatic rings. The van der Waals surface area contributed by atoms with E-state index in [4.69, 9.17) is 10.5 Å². The molecule has 1 aromatic carbocycles. The molecule has 1 aromatic rings.